The largest absolute Gasteiger partial charge is 0.493 e. The van der Waals surface area contributed by atoms with Crippen molar-refractivity contribution in [2.24, 2.45) is 0 Å². The molecule has 1 N–H and O–H groups in total. The highest BCUT2D eigenvalue weighted by Gasteiger charge is 2.20. The molecule has 0 aliphatic rings. The topological polar surface area (TPSA) is 76.1 Å². The van der Waals surface area contributed by atoms with E-state index in [1.54, 1.807) is 26.0 Å². The van der Waals surface area contributed by atoms with Crippen LogP contribution in [0.4, 0.5) is 0 Å². The Hall–Kier alpha value is -2.24. The summed E-state index contributed by atoms with van der Waals surface area (Å²) in [6.07, 6.45) is 0. The van der Waals surface area contributed by atoms with Gasteiger partial charge >= 0.3 is 5.97 Å². The van der Waals surface area contributed by atoms with E-state index in [-0.39, 0.29) is 12.5 Å². The highest BCUT2D eigenvalue weighted by Crippen LogP contribution is 2.30. The number of methoxy groups -OCH3 is 2. The number of carboxylic acids is 1. The lowest BCUT2D eigenvalue weighted by Crippen LogP contribution is -2.35. The van der Waals surface area contributed by atoms with Gasteiger partial charge in [-0.3, -0.25) is 9.59 Å². The number of hydrogen-bond acceptors (Lipinski definition) is 4. The SMILES string of the molecule is CCN(CC(=O)O)C(=O)c1cc(OC)c(OC)cc1C. The van der Waals surface area contributed by atoms with E-state index in [4.69, 9.17) is 14.6 Å². The fourth-order valence-corrected chi connectivity index (χ4v) is 1.87. The monoisotopic (exact) mass is 281 g/mol. The molecule has 0 bridgehead atoms. The van der Waals surface area contributed by atoms with E-state index in [0.717, 1.165) is 0 Å². The molecule has 1 rings (SSSR count). The molecule has 0 radical (unpaired) electrons. The van der Waals surface area contributed by atoms with Crippen LogP contribution >= 0.6 is 0 Å². The molecule has 20 heavy (non-hydrogen) atoms. The van der Waals surface area contributed by atoms with Crippen LogP contribution < -0.4 is 9.47 Å². The Bertz CT molecular complexity index is 513. The van der Waals surface area contributed by atoms with Crippen LogP contribution in [0.1, 0.15) is 22.8 Å². The lowest BCUT2D eigenvalue weighted by Gasteiger charge is -2.20. The molecule has 0 aromatic heterocycles. The van der Waals surface area contributed by atoms with Crippen molar-refractivity contribution in [2.45, 2.75) is 13.8 Å². The maximum atomic E-state index is 12.4. The molecule has 1 amide bonds. The van der Waals surface area contributed by atoms with Gasteiger partial charge in [0.25, 0.3) is 5.91 Å². The first-order chi connectivity index (χ1) is 9.44. The van der Waals surface area contributed by atoms with E-state index in [1.165, 1.54) is 19.1 Å². The van der Waals surface area contributed by atoms with Gasteiger partial charge in [-0.15, -0.1) is 0 Å². The summed E-state index contributed by atoms with van der Waals surface area (Å²) in [6, 6.07) is 3.27. The van der Waals surface area contributed by atoms with Crippen molar-refractivity contribution in [1.29, 1.82) is 0 Å². The second kappa shape index (κ2) is 6.79. The first kappa shape index (κ1) is 15.8. The maximum Gasteiger partial charge on any atom is 0.323 e. The smallest absolute Gasteiger partial charge is 0.323 e. The minimum absolute atomic E-state index is 0.318. The molecule has 1 aromatic rings. The number of hydrogen-bond donors (Lipinski definition) is 1. The van der Waals surface area contributed by atoms with Crippen LogP contribution in [0, 0.1) is 6.92 Å². The Labute approximate surface area is 117 Å². The van der Waals surface area contributed by atoms with E-state index < -0.39 is 5.97 Å². The highest BCUT2D eigenvalue weighted by molar-refractivity contribution is 5.97. The molecule has 0 unspecified atom stereocenters. The van der Waals surface area contributed by atoms with Crippen molar-refractivity contribution >= 4 is 11.9 Å². The average Bonchev–Trinajstić information content (AvgIpc) is 2.43. The van der Waals surface area contributed by atoms with Gasteiger partial charge in [0.05, 0.1) is 14.2 Å². The van der Waals surface area contributed by atoms with Crippen LogP contribution in [-0.2, 0) is 4.79 Å². The summed E-state index contributed by atoms with van der Waals surface area (Å²) in [4.78, 5) is 24.4. The minimum atomic E-state index is -1.04. The van der Waals surface area contributed by atoms with Gasteiger partial charge in [0.15, 0.2) is 11.5 Å². The molecular formula is C14H19NO5. The lowest BCUT2D eigenvalue weighted by molar-refractivity contribution is -0.137. The number of likely N-dealkylation sites (N-methyl/N-ethyl adjacent to an activating group) is 1. The summed E-state index contributed by atoms with van der Waals surface area (Å²) in [5.74, 6) is -0.414. The molecule has 0 atom stereocenters. The van der Waals surface area contributed by atoms with E-state index in [0.29, 0.717) is 29.2 Å². The molecular weight excluding hydrogens is 262 g/mol. The van der Waals surface area contributed by atoms with Gasteiger partial charge < -0.3 is 19.5 Å². The highest BCUT2D eigenvalue weighted by atomic mass is 16.5. The fourth-order valence-electron chi connectivity index (χ4n) is 1.87. The Kier molecular flexibility index (Phi) is 5.37. The fraction of sp³-hybridized carbons (Fsp3) is 0.429. The maximum absolute atomic E-state index is 12.4. The van der Waals surface area contributed by atoms with E-state index >= 15 is 0 Å². The molecule has 0 saturated carbocycles. The van der Waals surface area contributed by atoms with E-state index in [1.807, 2.05) is 0 Å². The zero-order valence-corrected chi connectivity index (χ0v) is 12.1. The summed E-state index contributed by atoms with van der Waals surface area (Å²) >= 11 is 0. The van der Waals surface area contributed by atoms with Crippen LogP contribution in [0.5, 0.6) is 11.5 Å². The molecule has 0 saturated heterocycles. The predicted octanol–water partition coefficient (Wildman–Crippen LogP) is 1.56. The molecule has 110 valence electrons. The lowest BCUT2D eigenvalue weighted by atomic mass is 10.1. The van der Waals surface area contributed by atoms with Gasteiger partial charge in [0, 0.05) is 12.1 Å². The quantitative estimate of drug-likeness (QED) is 0.856. The summed E-state index contributed by atoms with van der Waals surface area (Å²) in [6.45, 7) is 3.49. The van der Waals surface area contributed by atoms with Gasteiger partial charge in [0.2, 0.25) is 0 Å². The number of benzene rings is 1. The van der Waals surface area contributed by atoms with E-state index in [2.05, 4.69) is 0 Å². The molecule has 1 aromatic carbocycles. The minimum Gasteiger partial charge on any atom is -0.493 e. The van der Waals surface area contributed by atoms with Crippen LogP contribution in [0.3, 0.4) is 0 Å². The zero-order valence-electron chi connectivity index (χ0n) is 12.1. The third-order valence-corrected chi connectivity index (χ3v) is 2.96. The van der Waals surface area contributed by atoms with Crippen molar-refractivity contribution < 1.29 is 24.2 Å². The second-order valence-corrected chi connectivity index (χ2v) is 4.24. The van der Waals surface area contributed by atoms with Crippen LogP contribution in [0.25, 0.3) is 0 Å². The van der Waals surface area contributed by atoms with E-state index in [9.17, 15) is 9.59 Å². The number of aryl methyl sites for hydroxylation is 1. The van der Waals surface area contributed by atoms with Crippen molar-refractivity contribution in [3.63, 3.8) is 0 Å². The molecule has 6 nitrogen and oxygen atoms in total. The third kappa shape index (κ3) is 3.40. The number of carbonyl (C=O) groups excluding carboxylic acids is 1. The zero-order chi connectivity index (χ0) is 15.3. The summed E-state index contributed by atoms with van der Waals surface area (Å²) in [7, 11) is 3.00. The Morgan fingerprint density at radius 3 is 2.20 bits per heavy atom. The summed E-state index contributed by atoms with van der Waals surface area (Å²) in [5, 5.41) is 8.82. The van der Waals surface area contributed by atoms with Crippen molar-refractivity contribution in [2.75, 3.05) is 27.3 Å². The Morgan fingerprint density at radius 1 is 1.20 bits per heavy atom. The van der Waals surface area contributed by atoms with Gasteiger partial charge in [0.1, 0.15) is 6.54 Å². The average molecular weight is 281 g/mol. The number of nitrogens with zero attached hydrogens (tertiary/aromatic N) is 1. The first-order valence-electron chi connectivity index (χ1n) is 6.18. The number of aliphatic carboxylic acids is 1. The van der Waals surface area contributed by atoms with Crippen molar-refractivity contribution in [3.8, 4) is 11.5 Å². The molecule has 0 heterocycles. The van der Waals surface area contributed by atoms with Crippen LogP contribution in [0.15, 0.2) is 12.1 Å². The molecule has 0 aliphatic heterocycles. The molecule has 0 fully saturated rings. The summed E-state index contributed by atoms with van der Waals surface area (Å²) in [5.41, 5.74) is 1.11. The molecule has 0 aliphatic carbocycles. The standard InChI is InChI=1S/C14H19NO5/c1-5-15(8-13(16)17)14(18)10-7-12(20-4)11(19-3)6-9(10)2/h6-7H,5,8H2,1-4H3,(H,16,17). The Balaban J connectivity index is 3.17. The summed E-state index contributed by atoms with van der Waals surface area (Å²) < 4.78 is 10.3. The number of amides is 1. The normalized spacial score (nSPS) is 10.0. The van der Waals surface area contributed by atoms with Crippen LogP contribution in [-0.4, -0.2) is 49.2 Å². The predicted molar refractivity (Wildman–Crippen MR) is 73.5 cm³/mol. The van der Waals surface area contributed by atoms with Gasteiger partial charge in [-0.2, -0.15) is 0 Å². The van der Waals surface area contributed by atoms with Crippen LogP contribution in [0.2, 0.25) is 0 Å². The first-order valence-corrected chi connectivity index (χ1v) is 6.18. The Morgan fingerprint density at radius 2 is 1.75 bits per heavy atom. The van der Waals surface area contributed by atoms with Crippen molar-refractivity contribution in [1.82, 2.24) is 4.90 Å². The number of rotatable bonds is 6. The number of carboxylic acid groups (broad SMARTS) is 1. The third-order valence-electron chi connectivity index (χ3n) is 2.96. The second-order valence-electron chi connectivity index (χ2n) is 4.24. The number of carbonyl (C=O) groups is 2. The van der Waals surface area contributed by atoms with Gasteiger partial charge in [-0.05, 0) is 31.5 Å². The molecule has 0 spiro atoms. The van der Waals surface area contributed by atoms with Gasteiger partial charge in [-0.25, -0.2) is 0 Å². The van der Waals surface area contributed by atoms with Crippen molar-refractivity contribution in [3.05, 3.63) is 23.3 Å². The number of ether oxygens (including phenoxy) is 2. The molecule has 6 heteroatoms. The van der Waals surface area contributed by atoms with Gasteiger partial charge in [-0.1, -0.05) is 0 Å².